The number of piperazine rings is 1. The molecule has 0 unspecified atom stereocenters. The number of benzene rings is 1. The molecule has 6 nitrogen and oxygen atoms in total. The minimum absolute atomic E-state index is 0.0445. The van der Waals surface area contributed by atoms with E-state index in [0.29, 0.717) is 26.2 Å². The first-order chi connectivity index (χ1) is 12.5. The number of hydrogen-bond donors (Lipinski definition) is 0. The Morgan fingerprint density at radius 3 is 2.38 bits per heavy atom. The molecule has 1 aliphatic heterocycles. The van der Waals surface area contributed by atoms with Gasteiger partial charge in [0.1, 0.15) is 5.82 Å². The summed E-state index contributed by atoms with van der Waals surface area (Å²) in [4.78, 5) is 20.6. The summed E-state index contributed by atoms with van der Waals surface area (Å²) >= 11 is 5.96. The normalized spacial score (nSPS) is 15.1. The zero-order valence-corrected chi connectivity index (χ0v) is 15.8. The number of sulfone groups is 1. The zero-order valence-electron chi connectivity index (χ0n) is 14.2. The molecule has 138 valence electrons. The highest BCUT2D eigenvalue weighted by Crippen LogP contribution is 2.22. The van der Waals surface area contributed by atoms with E-state index in [1.165, 1.54) is 12.1 Å². The number of nitrogens with zero attached hydrogens (tertiary/aromatic N) is 3. The number of rotatable bonds is 5. The third kappa shape index (κ3) is 4.34. The molecule has 0 saturated carbocycles. The first-order valence-corrected chi connectivity index (χ1v) is 10.4. The van der Waals surface area contributed by atoms with Crippen molar-refractivity contribution < 1.29 is 13.2 Å². The summed E-state index contributed by atoms with van der Waals surface area (Å²) in [6.07, 6.45) is 1.70. The highest BCUT2D eigenvalue weighted by atomic mass is 35.5. The van der Waals surface area contributed by atoms with Crippen LogP contribution in [0.5, 0.6) is 0 Å². The Balaban J connectivity index is 1.54. The number of aromatic nitrogens is 1. The van der Waals surface area contributed by atoms with Crippen molar-refractivity contribution in [1.29, 1.82) is 0 Å². The van der Waals surface area contributed by atoms with Gasteiger partial charge in [-0.05, 0) is 24.3 Å². The van der Waals surface area contributed by atoms with E-state index in [2.05, 4.69) is 9.88 Å². The number of anilines is 1. The van der Waals surface area contributed by atoms with Gasteiger partial charge in [0, 0.05) is 38.8 Å². The van der Waals surface area contributed by atoms with Crippen LogP contribution in [0.4, 0.5) is 5.82 Å². The lowest BCUT2D eigenvalue weighted by atomic mass is 10.3. The number of amides is 1. The Bertz CT molecular complexity index is 866. The SMILES string of the molecule is O=C(CCS(=O)(=O)c1ccccc1Cl)N1CCN(c2ccccn2)CC1. The minimum atomic E-state index is -3.58. The molecule has 0 atom stereocenters. The molecule has 2 aromatic rings. The summed E-state index contributed by atoms with van der Waals surface area (Å²) in [5, 5.41) is 0.184. The molecule has 1 saturated heterocycles. The van der Waals surface area contributed by atoms with E-state index < -0.39 is 9.84 Å². The van der Waals surface area contributed by atoms with Gasteiger partial charge in [-0.3, -0.25) is 4.79 Å². The first-order valence-electron chi connectivity index (χ1n) is 8.38. The van der Waals surface area contributed by atoms with E-state index >= 15 is 0 Å². The molecule has 3 rings (SSSR count). The van der Waals surface area contributed by atoms with Crippen LogP contribution in [0.1, 0.15) is 6.42 Å². The fraction of sp³-hybridized carbons (Fsp3) is 0.333. The maximum absolute atomic E-state index is 12.4. The molecular formula is C18H20ClN3O3S. The van der Waals surface area contributed by atoms with E-state index in [0.717, 1.165) is 5.82 Å². The fourth-order valence-corrected chi connectivity index (χ4v) is 4.72. The predicted molar refractivity (Wildman–Crippen MR) is 101 cm³/mol. The van der Waals surface area contributed by atoms with Gasteiger partial charge < -0.3 is 9.80 Å². The van der Waals surface area contributed by atoms with Crippen LogP contribution in [0.3, 0.4) is 0 Å². The van der Waals surface area contributed by atoms with Crippen LogP contribution in [0, 0.1) is 0 Å². The quantitative estimate of drug-likeness (QED) is 0.779. The van der Waals surface area contributed by atoms with E-state index in [1.54, 1.807) is 23.2 Å². The summed E-state index contributed by atoms with van der Waals surface area (Å²) in [6, 6.07) is 12.0. The highest BCUT2D eigenvalue weighted by molar-refractivity contribution is 7.91. The van der Waals surface area contributed by atoms with Gasteiger partial charge in [0.15, 0.2) is 9.84 Å². The van der Waals surface area contributed by atoms with Gasteiger partial charge in [0.05, 0.1) is 15.7 Å². The van der Waals surface area contributed by atoms with Gasteiger partial charge in [-0.25, -0.2) is 13.4 Å². The van der Waals surface area contributed by atoms with Gasteiger partial charge in [-0.15, -0.1) is 0 Å². The van der Waals surface area contributed by atoms with Crippen LogP contribution in [-0.4, -0.2) is 56.1 Å². The Morgan fingerprint density at radius 1 is 1.04 bits per heavy atom. The Kier molecular flexibility index (Phi) is 5.78. The number of carbonyl (C=O) groups is 1. The highest BCUT2D eigenvalue weighted by Gasteiger charge is 2.24. The van der Waals surface area contributed by atoms with Crippen molar-refractivity contribution >= 4 is 33.2 Å². The number of halogens is 1. The van der Waals surface area contributed by atoms with Crippen LogP contribution in [-0.2, 0) is 14.6 Å². The lowest BCUT2D eigenvalue weighted by molar-refractivity contribution is -0.131. The van der Waals surface area contributed by atoms with Crippen LogP contribution in [0.25, 0.3) is 0 Å². The second kappa shape index (κ2) is 8.05. The molecule has 0 spiro atoms. The Morgan fingerprint density at radius 2 is 1.73 bits per heavy atom. The maximum Gasteiger partial charge on any atom is 0.223 e. The molecule has 0 N–H and O–H groups in total. The molecule has 1 amide bonds. The zero-order chi connectivity index (χ0) is 18.6. The van der Waals surface area contributed by atoms with Crippen molar-refractivity contribution in [2.45, 2.75) is 11.3 Å². The Labute approximate surface area is 158 Å². The van der Waals surface area contributed by atoms with Crippen molar-refractivity contribution in [2.24, 2.45) is 0 Å². The van der Waals surface area contributed by atoms with Crippen LogP contribution in [0.2, 0.25) is 5.02 Å². The topological polar surface area (TPSA) is 70.6 Å². The number of pyridine rings is 1. The van der Waals surface area contributed by atoms with Crippen molar-refractivity contribution in [3.05, 3.63) is 53.7 Å². The lowest BCUT2D eigenvalue weighted by Gasteiger charge is -2.35. The molecule has 1 fully saturated rings. The Hall–Kier alpha value is -2.12. The number of carbonyl (C=O) groups excluding carboxylic acids is 1. The van der Waals surface area contributed by atoms with Crippen LogP contribution in [0.15, 0.2) is 53.6 Å². The van der Waals surface area contributed by atoms with E-state index in [1.807, 2.05) is 18.2 Å². The van der Waals surface area contributed by atoms with Crippen LogP contribution >= 0.6 is 11.6 Å². The molecule has 2 heterocycles. The third-order valence-corrected chi connectivity index (χ3v) is 6.57. The van der Waals surface area contributed by atoms with Gasteiger partial charge in [-0.2, -0.15) is 0 Å². The molecule has 8 heteroatoms. The van der Waals surface area contributed by atoms with Gasteiger partial charge in [-0.1, -0.05) is 29.8 Å². The molecule has 26 heavy (non-hydrogen) atoms. The van der Waals surface area contributed by atoms with Gasteiger partial charge in [0.25, 0.3) is 0 Å². The van der Waals surface area contributed by atoms with Crippen molar-refractivity contribution in [2.75, 3.05) is 36.8 Å². The fourth-order valence-electron chi connectivity index (χ4n) is 2.91. The second-order valence-electron chi connectivity index (χ2n) is 6.06. The molecular weight excluding hydrogens is 374 g/mol. The van der Waals surface area contributed by atoms with Crippen LogP contribution < -0.4 is 4.90 Å². The molecule has 1 aromatic heterocycles. The summed E-state index contributed by atoms with van der Waals surface area (Å²) in [7, 11) is -3.58. The monoisotopic (exact) mass is 393 g/mol. The van der Waals surface area contributed by atoms with Crippen molar-refractivity contribution in [3.8, 4) is 0 Å². The number of hydrogen-bond acceptors (Lipinski definition) is 5. The molecule has 0 radical (unpaired) electrons. The summed E-state index contributed by atoms with van der Waals surface area (Å²) in [5.41, 5.74) is 0. The van der Waals surface area contributed by atoms with E-state index in [9.17, 15) is 13.2 Å². The molecule has 1 aromatic carbocycles. The standard InChI is InChI=1S/C18H20ClN3O3S/c19-15-5-1-2-6-16(15)26(24,25)14-8-18(23)22-12-10-21(11-13-22)17-7-3-4-9-20-17/h1-7,9H,8,10-14H2. The van der Waals surface area contributed by atoms with E-state index in [-0.39, 0.29) is 28.0 Å². The average Bonchev–Trinajstić information content (AvgIpc) is 2.67. The maximum atomic E-state index is 12.4. The summed E-state index contributed by atoms with van der Waals surface area (Å²) in [5.74, 6) is 0.498. The van der Waals surface area contributed by atoms with Crippen molar-refractivity contribution in [3.63, 3.8) is 0 Å². The van der Waals surface area contributed by atoms with Crippen molar-refractivity contribution in [1.82, 2.24) is 9.88 Å². The molecule has 1 aliphatic rings. The average molecular weight is 394 g/mol. The minimum Gasteiger partial charge on any atom is -0.353 e. The summed E-state index contributed by atoms with van der Waals surface area (Å²) < 4.78 is 24.8. The largest absolute Gasteiger partial charge is 0.353 e. The smallest absolute Gasteiger partial charge is 0.223 e. The predicted octanol–water partition coefficient (Wildman–Crippen LogP) is 2.25. The van der Waals surface area contributed by atoms with Gasteiger partial charge >= 0.3 is 0 Å². The molecule has 0 bridgehead atoms. The molecule has 0 aliphatic carbocycles. The first kappa shape index (κ1) is 18.7. The van der Waals surface area contributed by atoms with E-state index in [4.69, 9.17) is 11.6 Å². The second-order valence-corrected chi connectivity index (χ2v) is 8.54. The lowest BCUT2D eigenvalue weighted by Crippen LogP contribution is -2.49. The van der Waals surface area contributed by atoms with Gasteiger partial charge in [0.2, 0.25) is 5.91 Å². The third-order valence-electron chi connectivity index (χ3n) is 4.36. The summed E-state index contributed by atoms with van der Waals surface area (Å²) in [6.45, 7) is 2.48.